The summed E-state index contributed by atoms with van der Waals surface area (Å²) in [4.78, 5) is 25.6. The van der Waals surface area contributed by atoms with Gasteiger partial charge < -0.3 is 25.9 Å². The number of esters is 1. The van der Waals surface area contributed by atoms with Crippen molar-refractivity contribution in [3.63, 3.8) is 0 Å². The number of para-hydroxylation sites is 1. The van der Waals surface area contributed by atoms with Crippen LogP contribution in [0.5, 0.6) is 5.75 Å². The van der Waals surface area contributed by atoms with Crippen molar-refractivity contribution in [3.05, 3.63) is 65.4 Å². The molecule has 0 saturated carbocycles. The highest BCUT2D eigenvalue weighted by molar-refractivity contribution is 6.21. The van der Waals surface area contributed by atoms with Gasteiger partial charge in [-0.2, -0.15) is 0 Å². The smallest absolute Gasteiger partial charge is 0.345 e. The van der Waals surface area contributed by atoms with E-state index in [0.29, 0.717) is 16.9 Å². The standard InChI is InChI=1S/C26H33N3O4/c1-7-33-24(32)18(15-28-17-11-9-8-10-12-17)23(31)29-21-14-22(30)20(26(5,6)16-27)13-19(21)25(2,3)4/h8-16,27-28,30H,7H2,1-6H3,(H,29,31)/b18-15-,27-16?. The zero-order valence-electron chi connectivity index (χ0n) is 20.1. The van der Waals surface area contributed by atoms with Crippen LogP contribution in [0.25, 0.3) is 0 Å². The molecule has 0 heterocycles. The maximum Gasteiger partial charge on any atom is 0.345 e. The van der Waals surface area contributed by atoms with Gasteiger partial charge in [0, 0.05) is 40.8 Å². The summed E-state index contributed by atoms with van der Waals surface area (Å²) in [6, 6.07) is 12.4. The number of phenols is 1. The maximum absolute atomic E-state index is 13.1. The Bertz CT molecular complexity index is 1050. The van der Waals surface area contributed by atoms with Gasteiger partial charge >= 0.3 is 5.97 Å². The molecule has 176 valence electrons. The Hall–Kier alpha value is -3.61. The lowest BCUT2D eigenvalue weighted by Gasteiger charge is -2.28. The summed E-state index contributed by atoms with van der Waals surface area (Å²) < 4.78 is 5.07. The highest BCUT2D eigenvalue weighted by atomic mass is 16.5. The minimum absolute atomic E-state index is 0.0455. The molecule has 2 aromatic rings. The van der Waals surface area contributed by atoms with Crippen LogP contribution in [0, 0.1) is 5.41 Å². The number of rotatable bonds is 8. The quantitative estimate of drug-likeness (QED) is 0.146. The first-order valence-electron chi connectivity index (χ1n) is 10.8. The molecule has 0 aromatic heterocycles. The Balaban J connectivity index is 2.48. The Morgan fingerprint density at radius 2 is 1.70 bits per heavy atom. The van der Waals surface area contributed by atoms with Crippen LogP contribution in [0.2, 0.25) is 0 Å². The fraction of sp³-hybridized carbons (Fsp3) is 0.346. The van der Waals surface area contributed by atoms with Crippen LogP contribution in [0.15, 0.2) is 54.2 Å². The fourth-order valence-electron chi connectivity index (χ4n) is 3.21. The first kappa shape index (κ1) is 25.6. The highest BCUT2D eigenvalue weighted by Gasteiger charge is 2.29. The molecule has 0 aliphatic rings. The fourth-order valence-corrected chi connectivity index (χ4v) is 3.21. The van der Waals surface area contributed by atoms with E-state index >= 15 is 0 Å². The Kier molecular flexibility index (Phi) is 8.03. The van der Waals surface area contributed by atoms with Crippen LogP contribution in [0.3, 0.4) is 0 Å². The average Bonchev–Trinajstić information content (AvgIpc) is 2.73. The van der Waals surface area contributed by atoms with Crippen molar-refractivity contribution in [1.82, 2.24) is 0 Å². The molecular formula is C26H33N3O4. The second-order valence-electron chi connectivity index (χ2n) is 9.27. The zero-order chi connectivity index (χ0) is 24.8. The number of benzene rings is 2. The lowest BCUT2D eigenvalue weighted by atomic mass is 9.79. The van der Waals surface area contributed by atoms with Crippen LogP contribution in [-0.4, -0.2) is 29.8 Å². The van der Waals surface area contributed by atoms with Crippen LogP contribution in [-0.2, 0) is 25.2 Å². The number of ether oxygens (including phenoxy) is 1. The molecule has 0 radical (unpaired) electrons. The predicted octanol–water partition coefficient (Wildman–Crippen LogP) is 5.11. The van der Waals surface area contributed by atoms with Crippen LogP contribution < -0.4 is 10.6 Å². The van der Waals surface area contributed by atoms with E-state index in [4.69, 9.17) is 10.1 Å². The van der Waals surface area contributed by atoms with Crippen LogP contribution >= 0.6 is 0 Å². The molecule has 33 heavy (non-hydrogen) atoms. The molecule has 7 heteroatoms. The molecule has 0 saturated heterocycles. The Morgan fingerprint density at radius 3 is 2.24 bits per heavy atom. The SMILES string of the molecule is CCOC(=O)/C(=C\Nc1ccccc1)C(=O)Nc1cc(O)c(C(C)(C)C=N)cc1C(C)(C)C. The molecule has 0 aliphatic carbocycles. The van der Waals surface area contributed by atoms with Crippen molar-refractivity contribution in [2.24, 2.45) is 0 Å². The molecule has 2 rings (SSSR count). The van der Waals surface area contributed by atoms with Crippen molar-refractivity contribution in [3.8, 4) is 5.75 Å². The summed E-state index contributed by atoms with van der Waals surface area (Å²) in [5, 5.41) is 24.1. The molecular weight excluding hydrogens is 418 g/mol. The van der Waals surface area contributed by atoms with Gasteiger partial charge in [-0.15, -0.1) is 0 Å². The highest BCUT2D eigenvalue weighted by Crippen LogP contribution is 2.39. The summed E-state index contributed by atoms with van der Waals surface area (Å²) in [6.45, 7) is 11.4. The van der Waals surface area contributed by atoms with E-state index in [-0.39, 0.29) is 23.3 Å². The third-order valence-corrected chi connectivity index (χ3v) is 5.14. The summed E-state index contributed by atoms with van der Waals surface area (Å²) in [7, 11) is 0. The number of hydrogen-bond acceptors (Lipinski definition) is 6. The average molecular weight is 452 g/mol. The minimum Gasteiger partial charge on any atom is -0.508 e. The third kappa shape index (κ3) is 6.44. The molecule has 0 atom stereocenters. The van der Waals surface area contributed by atoms with Gasteiger partial charge in [0.25, 0.3) is 5.91 Å². The van der Waals surface area contributed by atoms with Crippen molar-refractivity contribution >= 4 is 29.5 Å². The summed E-state index contributed by atoms with van der Waals surface area (Å²) in [6.07, 6.45) is 2.58. The molecule has 7 nitrogen and oxygen atoms in total. The van der Waals surface area contributed by atoms with E-state index in [1.54, 1.807) is 25.1 Å². The van der Waals surface area contributed by atoms with E-state index in [1.807, 2.05) is 52.8 Å². The number of hydrogen-bond donors (Lipinski definition) is 4. The van der Waals surface area contributed by atoms with Crippen molar-refractivity contribution in [2.75, 3.05) is 17.2 Å². The second-order valence-corrected chi connectivity index (χ2v) is 9.27. The van der Waals surface area contributed by atoms with Gasteiger partial charge in [-0.1, -0.05) is 52.8 Å². The molecule has 0 fully saturated rings. The van der Waals surface area contributed by atoms with Gasteiger partial charge in [0.05, 0.1) is 6.61 Å². The van der Waals surface area contributed by atoms with Crippen LogP contribution in [0.1, 0.15) is 52.7 Å². The topological polar surface area (TPSA) is 112 Å². The van der Waals surface area contributed by atoms with E-state index < -0.39 is 17.3 Å². The lowest BCUT2D eigenvalue weighted by Crippen LogP contribution is -2.26. The lowest BCUT2D eigenvalue weighted by molar-refractivity contribution is -0.139. The van der Waals surface area contributed by atoms with Gasteiger partial charge in [-0.3, -0.25) is 4.79 Å². The number of nitrogens with one attached hydrogen (secondary N) is 3. The number of phenolic OH excluding ortho intramolecular Hbond substituents is 1. The van der Waals surface area contributed by atoms with E-state index in [0.717, 1.165) is 5.56 Å². The normalized spacial score (nSPS) is 12.1. The first-order valence-corrected chi connectivity index (χ1v) is 10.8. The Morgan fingerprint density at radius 1 is 1.06 bits per heavy atom. The molecule has 1 amide bonds. The number of aromatic hydroxyl groups is 1. The van der Waals surface area contributed by atoms with E-state index in [1.165, 1.54) is 18.5 Å². The molecule has 0 bridgehead atoms. The minimum atomic E-state index is -0.762. The second kappa shape index (κ2) is 10.3. The van der Waals surface area contributed by atoms with E-state index in [9.17, 15) is 14.7 Å². The third-order valence-electron chi connectivity index (χ3n) is 5.14. The molecule has 4 N–H and O–H groups in total. The summed E-state index contributed by atoms with van der Waals surface area (Å²) in [5.74, 6) is -1.47. The largest absolute Gasteiger partial charge is 0.508 e. The van der Waals surface area contributed by atoms with Crippen LogP contribution in [0.4, 0.5) is 11.4 Å². The molecule has 0 aliphatic heterocycles. The predicted molar refractivity (Wildman–Crippen MR) is 132 cm³/mol. The van der Waals surface area contributed by atoms with Gasteiger partial charge in [0.15, 0.2) is 0 Å². The molecule has 0 spiro atoms. The maximum atomic E-state index is 13.1. The van der Waals surface area contributed by atoms with Gasteiger partial charge in [0.2, 0.25) is 0 Å². The van der Waals surface area contributed by atoms with Gasteiger partial charge in [-0.05, 0) is 36.1 Å². The number of anilines is 2. The summed E-state index contributed by atoms with van der Waals surface area (Å²) >= 11 is 0. The molecule has 2 aromatic carbocycles. The zero-order valence-corrected chi connectivity index (χ0v) is 20.1. The van der Waals surface area contributed by atoms with Gasteiger partial charge in [-0.25, -0.2) is 4.79 Å². The first-order chi connectivity index (χ1) is 15.4. The number of carbonyl (C=O) groups is 2. The van der Waals surface area contributed by atoms with Crippen molar-refractivity contribution in [1.29, 1.82) is 5.41 Å². The Labute approximate surface area is 195 Å². The monoisotopic (exact) mass is 451 g/mol. The number of amides is 1. The number of carbonyl (C=O) groups excluding carboxylic acids is 2. The summed E-state index contributed by atoms with van der Waals surface area (Å²) in [5.41, 5.74) is 1.14. The van der Waals surface area contributed by atoms with Crippen molar-refractivity contribution < 1.29 is 19.4 Å². The van der Waals surface area contributed by atoms with E-state index in [2.05, 4.69) is 10.6 Å². The molecule has 0 unspecified atom stereocenters. The van der Waals surface area contributed by atoms with Crippen molar-refractivity contribution in [2.45, 2.75) is 52.4 Å². The van der Waals surface area contributed by atoms with Gasteiger partial charge in [0.1, 0.15) is 11.3 Å².